The van der Waals surface area contributed by atoms with Crippen molar-refractivity contribution < 1.29 is 9.59 Å². The lowest BCUT2D eigenvalue weighted by molar-refractivity contribution is -0.134. The second-order valence-corrected chi connectivity index (χ2v) is 9.24. The molecule has 2 aromatic heterocycles. The molecule has 0 radical (unpaired) electrons. The predicted octanol–water partition coefficient (Wildman–Crippen LogP) is 4.15. The number of benzene rings is 1. The van der Waals surface area contributed by atoms with E-state index in [9.17, 15) is 9.59 Å². The quantitative estimate of drug-likeness (QED) is 0.545. The van der Waals surface area contributed by atoms with E-state index in [0.717, 1.165) is 73.0 Å². The normalized spacial score (nSPS) is 17.9. The van der Waals surface area contributed by atoms with Gasteiger partial charge < -0.3 is 20.5 Å². The number of aromatic nitrogens is 3. The molecule has 2 aliphatic rings. The van der Waals surface area contributed by atoms with E-state index < -0.39 is 0 Å². The van der Waals surface area contributed by atoms with Gasteiger partial charge in [0, 0.05) is 37.3 Å². The Balaban J connectivity index is 1.54. The van der Waals surface area contributed by atoms with Crippen molar-refractivity contribution in [2.45, 2.75) is 32.1 Å². The van der Waals surface area contributed by atoms with E-state index in [0.29, 0.717) is 11.5 Å². The molecule has 5 rings (SSSR count). The maximum atomic E-state index is 12.9. The van der Waals surface area contributed by atoms with E-state index in [1.54, 1.807) is 0 Å². The Labute approximate surface area is 204 Å². The van der Waals surface area contributed by atoms with Crippen LogP contribution in [-0.4, -0.2) is 44.3 Å². The Morgan fingerprint density at radius 3 is 2.57 bits per heavy atom. The van der Waals surface area contributed by atoms with Crippen molar-refractivity contribution in [3.05, 3.63) is 54.9 Å². The van der Waals surface area contributed by atoms with Crippen LogP contribution in [0.5, 0.6) is 0 Å². The molecule has 180 valence electrons. The van der Waals surface area contributed by atoms with Crippen molar-refractivity contribution in [2.75, 3.05) is 24.1 Å². The predicted molar refractivity (Wildman–Crippen MR) is 138 cm³/mol. The van der Waals surface area contributed by atoms with Crippen molar-refractivity contribution in [3.63, 3.8) is 0 Å². The van der Waals surface area contributed by atoms with Gasteiger partial charge in [0.05, 0.1) is 11.1 Å². The van der Waals surface area contributed by atoms with Crippen molar-refractivity contribution in [3.8, 4) is 11.3 Å². The summed E-state index contributed by atoms with van der Waals surface area (Å²) in [6, 6.07) is 7.69. The molecule has 1 fully saturated rings. The highest BCUT2D eigenvalue weighted by molar-refractivity contribution is 6.04. The summed E-state index contributed by atoms with van der Waals surface area (Å²) in [4.78, 5) is 35.4. The third kappa shape index (κ3) is 4.20. The van der Waals surface area contributed by atoms with Crippen molar-refractivity contribution in [1.29, 1.82) is 0 Å². The summed E-state index contributed by atoms with van der Waals surface area (Å²) in [7, 11) is 1.98. The van der Waals surface area contributed by atoms with Crippen LogP contribution in [0, 0.1) is 5.92 Å². The molecule has 0 spiro atoms. The summed E-state index contributed by atoms with van der Waals surface area (Å²) in [6.45, 7) is 5.27. The van der Waals surface area contributed by atoms with Gasteiger partial charge in [-0.1, -0.05) is 24.8 Å². The van der Waals surface area contributed by atoms with Crippen molar-refractivity contribution in [1.82, 2.24) is 19.4 Å². The number of likely N-dealkylation sites (tertiary alicyclic amines) is 1. The summed E-state index contributed by atoms with van der Waals surface area (Å²) in [5.41, 5.74) is 12.0. The Bertz CT molecular complexity index is 1330. The molecule has 1 atom stereocenters. The van der Waals surface area contributed by atoms with Crippen LogP contribution in [0.3, 0.4) is 0 Å². The summed E-state index contributed by atoms with van der Waals surface area (Å²) in [6.07, 6.45) is 9.47. The Morgan fingerprint density at radius 1 is 1.17 bits per heavy atom. The van der Waals surface area contributed by atoms with E-state index in [1.807, 2.05) is 40.8 Å². The van der Waals surface area contributed by atoms with Gasteiger partial charge in [-0.3, -0.25) is 9.59 Å². The molecule has 8 nitrogen and oxygen atoms in total. The Hall–Kier alpha value is -3.94. The second-order valence-electron chi connectivity index (χ2n) is 9.24. The molecule has 0 unspecified atom stereocenters. The van der Waals surface area contributed by atoms with Gasteiger partial charge in [-0.05, 0) is 61.4 Å². The van der Waals surface area contributed by atoms with Gasteiger partial charge in [0.1, 0.15) is 17.8 Å². The number of hydrogen-bond acceptors (Lipinski definition) is 5. The molecule has 3 aromatic rings. The number of fused-ring (bicyclic) bond motifs is 1. The number of nitrogen functional groups attached to an aromatic ring is 1. The standard InChI is InChI=1S/C27H30N6O2/c1-3-21(34)31-20-12-10-18(11-13-20)24-22(23-25(28)29-16-30-26(23)32(24)2)17-6-8-19(9-7-17)27(35)33-14-4-5-15-33/h3,6,10-13,16,19H,1,4-5,7-9,14-15H2,2H3,(H,31,34)(H2,28,29,30)/t19-/m1/s1. The van der Waals surface area contributed by atoms with Gasteiger partial charge in [0.25, 0.3) is 0 Å². The minimum absolute atomic E-state index is 0.0385. The van der Waals surface area contributed by atoms with Gasteiger partial charge in [-0.25, -0.2) is 9.97 Å². The number of anilines is 2. The van der Waals surface area contributed by atoms with Gasteiger partial charge >= 0.3 is 0 Å². The van der Waals surface area contributed by atoms with Crippen LogP contribution in [0.15, 0.2) is 49.3 Å². The third-order valence-corrected chi connectivity index (χ3v) is 7.11. The first-order valence-electron chi connectivity index (χ1n) is 12.1. The smallest absolute Gasteiger partial charge is 0.247 e. The number of nitrogens with zero attached hydrogens (tertiary/aromatic N) is 4. The number of carbonyl (C=O) groups excluding carboxylic acids is 2. The lowest BCUT2D eigenvalue weighted by atomic mass is 9.84. The maximum Gasteiger partial charge on any atom is 0.247 e. The topological polar surface area (TPSA) is 106 Å². The molecule has 8 heteroatoms. The van der Waals surface area contributed by atoms with Crippen LogP contribution in [0.2, 0.25) is 0 Å². The molecule has 1 saturated heterocycles. The van der Waals surface area contributed by atoms with Crippen LogP contribution in [0.25, 0.3) is 27.9 Å². The molecule has 35 heavy (non-hydrogen) atoms. The fourth-order valence-electron chi connectivity index (χ4n) is 5.31. The molecule has 0 saturated carbocycles. The highest BCUT2D eigenvalue weighted by Crippen LogP contribution is 2.43. The number of amides is 2. The highest BCUT2D eigenvalue weighted by atomic mass is 16.2. The number of aryl methyl sites for hydroxylation is 1. The summed E-state index contributed by atoms with van der Waals surface area (Å²) in [5, 5.41) is 3.62. The van der Waals surface area contributed by atoms with Crippen LogP contribution in [0.1, 0.15) is 37.7 Å². The van der Waals surface area contributed by atoms with Gasteiger partial charge in [0.15, 0.2) is 0 Å². The maximum absolute atomic E-state index is 12.9. The van der Waals surface area contributed by atoms with Gasteiger partial charge in [-0.15, -0.1) is 0 Å². The van der Waals surface area contributed by atoms with E-state index in [4.69, 9.17) is 5.73 Å². The van der Waals surface area contributed by atoms with E-state index in [1.165, 1.54) is 18.0 Å². The lowest BCUT2D eigenvalue weighted by Crippen LogP contribution is -2.34. The molecule has 1 aliphatic carbocycles. The molecule has 3 N–H and O–H groups in total. The minimum atomic E-state index is -0.253. The Kier molecular flexibility index (Phi) is 6.11. The highest BCUT2D eigenvalue weighted by Gasteiger charge is 2.30. The first-order valence-corrected chi connectivity index (χ1v) is 12.1. The molecular formula is C27H30N6O2. The zero-order valence-electron chi connectivity index (χ0n) is 20.0. The fraction of sp³-hybridized carbons (Fsp3) is 0.333. The SMILES string of the molecule is C=CC(=O)Nc1ccc(-c2c(C3=CC[C@@H](C(=O)N4CCCC4)CC3)c3c(N)ncnc3n2C)cc1. The fourth-order valence-corrected chi connectivity index (χ4v) is 5.31. The Morgan fingerprint density at radius 2 is 1.91 bits per heavy atom. The first kappa shape index (κ1) is 22.8. The van der Waals surface area contributed by atoms with E-state index >= 15 is 0 Å². The zero-order chi connectivity index (χ0) is 24.5. The van der Waals surface area contributed by atoms with Crippen LogP contribution >= 0.6 is 0 Å². The summed E-state index contributed by atoms with van der Waals surface area (Å²) >= 11 is 0. The number of nitrogens with one attached hydrogen (secondary N) is 1. The number of hydrogen-bond donors (Lipinski definition) is 2. The number of carbonyl (C=O) groups is 2. The average Bonchev–Trinajstić information content (AvgIpc) is 3.52. The number of nitrogens with two attached hydrogens (primary N) is 1. The third-order valence-electron chi connectivity index (χ3n) is 7.11. The number of allylic oxidation sites excluding steroid dienone is 2. The largest absolute Gasteiger partial charge is 0.383 e. The number of rotatable bonds is 5. The molecule has 3 heterocycles. The van der Waals surface area contributed by atoms with E-state index in [-0.39, 0.29) is 17.7 Å². The van der Waals surface area contributed by atoms with E-state index in [2.05, 4.69) is 27.9 Å². The van der Waals surface area contributed by atoms with Crippen molar-refractivity contribution >= 4 is 39.9 Å². The molecule has 0 bridgehead atoms. The first-order chi connectivity index (χ1) is 17.0. The molecule has 1 aliphatic heterocycles. The second kappa shape index (κ2) is 9.37. The zero-order valence-corrected chi connectivity index (χ0v) is 20.0. The molecular weight excluding hydrogens is 440 g/mol. The van der Waals surface area contributed by atoms with Gasteiger partial charge in [0.2, 0.25) is 11.8 Å². The van der Waals surface area contributed by atoms with Crippen LogP contribution in [-0.2, 0) is 16.6 Å². The average molecular weight is 471 g/mol. The minimum Gasteiger partial charge on any atom is -0.383 e. The van der Waals surface area contributed by atoms with Gasteiger partial charge in [-0.2, -0.15) is 0 Å². The monoisotopic (exact) mass is 470 g/mol. The lowest BCUT2D eigenvalue weighted by Gasteiger charge is -2.26. The van der Waals surface area contributed by atoms with Crippen molar-refractivity contribution in [2.24, 2.45) is 13.0 Å². The summed E-state index contributed by atoms with van der Waals surface area (Å²) < 4.78 is 2.04. The van der Waals surface area contributed by atoms with Crippen LogP contribution in [0.4, 0.5) is 11.5 Å². The van der Waals surface area contributed by atoms with Crippen LogP contribution < -0.4 is 11.1 Å². The molecule has 2 amide bonds. The molecule has 1 aromatic carbocycles. The summed E-state index contributed by atoms with van der Waals surface area (Å²) in [5.74, 6) is 0.516.